The summed E-state index contributed by atoms with van der Waals surface area (Å²) in [6, 6.07) is 14.4. The first-order valence-corrected chi connectivity index (χ1v) is 9.77. The van der Waals surface area contributed by atoms with Gasteiger partial charge in [-0.3, -0.25) is 9.59 Å². The molecule has 0 aliphatic heterocycles. The summed E-state index contributed by atoms with van der Waals surface area (Å²) >= 11 is 0. The number of unbranched alkanes of at least 4 members (excludes halogenated alkanes) is 1. The third kappa shape index (κ3) is 5.17. The van der Waals surface area contributed by atoms with Crippen molar-refractivity contribution in [3.8, 4) is 11.8 Å². The zero-order valence-electron chi connectivity index (χ0n) is 16.8. The summed E-state index contributed by atoms with van der Waals surface area (Å²) in [5.41, 5.74) is 2.26. The number of hydrogen-bond donors (Lipinski definition) is 1. The Morgan fingerprint density at radius 2 is 1.97 bits per heavy atom. The molecule has 0 aliphatic carbocycles. The van der Waals surface area contributed by atoms with Gasteiger partial charge in [-0.05, 0) is 42.8 Å². The van der Waals surface area contributed by atoms with E-state index in [9.17, 15) is 14.9 Å². The molecule has 2 aromatic heterocycles. The molecule has 0 spiro atoms. The highest BCUT2D eigenvalue weighted by molar-refractivity contribution is 5.96. The molecular weight excluding hydrogens is 382 g/mol. The fourth-order valence-electron chi connectivity index (χ4n) is 2.92. The number of carbonyl (C=O) groups excluding carboxylic acids is 2. The van der Waals surface area contributed by atoms with Gasteiger partial charge in [0.25, 0.3) is 5.91 Å². The molecule has 154 valence electrons. The third-order valence-corrected chi connectivity index (χ3v) is 4.54. The number of aromatic nitrogens is 1. The maximum absolute atomic E-state index is 12.2. The van der Waals surface area contributed by atoms with Gasteiger partial charge in [0.15, 0.2) is 0 Å². The molecule has 2 heterocycles. The van der Waals surface area contributed by atoms with E-state index in [-0.39, 0.29) is 19.1 Å². The normalized spacial score (nSPS) is 10.4. The summed E-state index contributed by atoms with van der Waals surface area (Å²) in [5.74, 6) is -0.256. The zero-order chi connectivity index (χ0) is 21.3. The number of ether oxygens (including phenoxy) is 2. The number of rotatable bonds is 9. The molecule has 1 N–H and O–H groups in total. The van der Waals surface area contributed by atoms with Crippen LogP contribution in [0.4, 0.5) is 0 Å². The Hall–Kier alpha value is -3.79. The summed E-state index contributed by atoms with van der Waals surface area (Å²) in [5, 5.41) is 11.9. The predicted molar refractivity (Wildman–Crippen MR) is 111 cm³/mol. The molecule has 0 saturated carbocycles. The van der Waals surface area contributed by atoms with Crippen molar-refractivity contribution in [2.24, 2.45) is 0 Å². The fraction of sp³-hybridized carbons (Fsp3) is 0.261. The molecule has 3 aromatic rings. The van der Waals surface area contributed by atoms with Gasteiger partial charge in [-0.1, -0.05) is 19.4 Å². The van der Waals surface area contributed by atoms with Crippen LogP contribution in [0.2, 0.25) is 0 Å². The number of benzene rings is 1. The lowest BCUT2D eigenvalue weighted by Gasteiger charge is -2.08. The Morgan fingerprint density at radius 1 is 1.17 bits per heavy atom. The summed E-state index contributed by atoms with van der Waals surface area (Å²) in [7, 11) is 0. The average Bonchev–Trinajstić information content (AvgIpc) is 3.14. The van der Waals surface area contributed by atoms with Gasteiger partial charge >= 0.3 is 5.97 Å². The first kappa shape index (κ1) is 20.9. The summed E-state index contributed by atoms with van der Waals surface area (Å²) < 4.78 is 12.6. The molecule has 30 heavy (non-hydrogen) atoms. The SMILES string of the molecule is CCCCOc1ccc(C(=O)NCC(=O)OCc2cn3ccccc3c2C#N)cc1. The van der Waals surface area contributed by atoms with Gasteiger partial charge in [0.2, 0.25) is 0 Å². The predicted octanol–water partition coefficient (Wildman–Crippen LogP) is 3.46. The number of pyridine rings is 1. The Kier molecular flexibility index (Phi) is 7.06. The van der Waals surface area contributed by atoms with E-state index < -0.39 is 5.97 Å². The lowest BCUT2D eigenvalue weighted by molar-refractivity contribution is -0.143. The highest BCUT2D eigenvalue weighted by atomic mass is 16.5. The minimum absolute atomic E-state index is 0.0386. The first-order chi connectivity index (χ1) is 14.6. The van der Waals surface area contributed by atoms with Crippen LogP contribution in [0.3, 0.4) is 0 Å². The van der Waals surface area contributed by atoms with Crippen molar-refractivity contribution in [1.82, 2.24) is 9.72 Å². The molecule has 0 aliphatic rings. The van der Waals surface area contributed by atoms with Crippen LogP contribution >= 0.6 is 0 Å². The second-order valence-electron chi connectivity index (χ2n) is 6.70. The van der Waals surface area contributed by atoms with Crippen LogP contribution < -0.4 is 10.1 Å². The van der Waals surface area contributed by atoms with Crippen LogP contribution in [0.25, 0.3) is 5.52 Å². The van der Waals surface area contributed by atoms with Crippen molar-refractivity contribution in [3.05, 3.63) is 71.5 Å². The van der Waals surface area contributed by atoms with E-state index in [2.05, 4.69) is 18.3 Å². The summed E-state index contributed by atoms with van der Waals surface area (Å²) in [6.45, 7) is 2.43. The van der Waals surface area contributed by atoms with Gasteiger partial charge in [-0.25, -0.2) is 0 Å². The Morgan fingerprint density at radius 3 is 2.70 bits per heavy atom. The van der Waals surface area contributed by atoms with E-state index in [4.69, 9.17) is 9.47 Å². The molecule has 1 amide bonds. The molecule has 1 aromatic carbocycles. The number of esters is 1. The van der Waals surface area contributed by atoms with Crippen LogP contribution in [-0.2, 0) is 16.1 Å². The van der Waals surface area contributed by atoms with Crippen molar-refractivity contribution < 1.29 is 19.1 Å². The van der Waals surface area contributed by atoms with E-state index in [0.717, 1.165) is 18.4 Å². The van der Waals surface area contributed by atoms with Crippen molar-refractivity contribution in [3.63, 3.8) is 0 Å². The Labute approximate surface area is 174 Å². The van der Waals surface area contributed by atoms with Crippen LogP contribution in [0.5, 0.6) is 5.75 Å². The minimum atomic E-state index is -0.581. The van der Waals surface area contributed by atoms with Crippen molar-refractivity contribution in [1.29, 1.82) is 5.26 Å². The van der Waals surface area contributed by atoms with Crippen LogP contribution in [-0.4, -0.2) is 29.4 Å². The van der Waals surface area contributed by atoms with Crippen LogP contribution in [0, 0.1) is 11.3 Å². The quantitative estimate of drug-likeness (QED) is 0.435. The molecular formula is C23H23N3O4. The molecule has 3 rings (SSSR count). The van der Waals surface area contributed by atoms with E-state index in [1.54, 1.807) is 34.9 Å². The maximum Gasteiger partial charge on any atom is 0.325 e. The molecule has 0 unspecified atom stereocenters. The maximum atomic E-state index is 12.2. The Bertz CT molecular complexity index is 1060. The molecule has 0 radical (unpaired) electrons. The molecule has 0 bridgehead atoms. The summed E-state index contributed by atoms with van der Waals surface area (Å²) in [6.07, 6.45) is 5.60. The Balaban J connectivity index is 1.49. The second-order valence-corrected chi connectivity index (χ2v) is 6.70. The van der Waals surface area contributed by atoms with E-state index in [1.807, 2.05) is 24.4 Å². The van der Waals surface area contributed by atoms with Gasteiger partial charge in [-0.2, -0.15) is 5.26 Å². The van der Waals surface area contributed by atoms with Crippen molar-refractivity contribution in [2.45, 2.75) is 26.4 Å². The number of carbonyl (C=O) groups is 2. The fourth-order valence-corrected chi connectivity index (χ4v) is 2.92. The number of hydrogen-bond acceptors (Lipinski definition) is 5. The molecule has 0 fully saturated rings. The second kappa shape index (κ2) is 10.1. The lowest BCUT2D eigenvalue weighted by atomic mass is 10.2. The van der Waals surface area contributed by atoms with Gasteiger partial charge in [0.05, 0.1) is 17.7 Å². The van der Waals surface area contributed by atoms with Gasteiger partial charge in [0.1, 0.15) is 25.0 Å². The highest BCUT2D eigenvalue weighted by Gasteiger charge is 2.13. The molecule has 0 atom stereocenters. The highest BCUT2D eigenvalue weighted by Crippen LogP contribution is 2.18. The monoisotopic (exact) mass is 405 g/mol. The molecule has 7 nitrogen and oxygen atoms in total. The molecule has 7 heteroatoms. The van der Waals surface area contributed by atoms with E-state index in [0.29, 0.717) is 29.0 Å². The number of nitriles is 1. The van der Waals surface area contributed by atoms with E-state index in [1.165, 1.54) is 0 Å². The number of fused-ring (bicyclic) bond motifs is 1. The number of amides is 1. The molecule has 0 saturated heterocycles. The van der Waals surface area contributed by atoms with Crippen LogP contribution in [0.15, 0.2) is 54.9 Å². The smallest absolute Gasteiger partial charge is 0.325 e. The van der Waals surface area contributed by atoms with E-state index >= 15 is 0 Å². The number of nitrogens with zero attached hydrogens (tertiary/aromatic N) is 2. The van der Waals surface area contributed by atoms with Gasteiger partial charge in [-0.15, -0.1) is 0 Å². The third-order valence-electron chi connectivity index (χ3n) is 4.54. The topological polar surface area (TPSA) is 92.8 Å². The van der Waals surface area contributed by atoms with Crippen LogP contribution in [0.1, 0.15) is 41.3 Å². The largest absolute Gasteiger partial charge is 0.494 e. The number of nitrogens with one attached hydrogen (secondary N) is 1. The summed E-state index contributed by atoms with van der Waals surface area (Å²) in [4.78, 5) is 24.2. The van der Waals surface area contributed by atoms with Crippen molar-refractivity contribution >= 4 is 17.4 Å². The minimum Gasteiger partial charge on any atom is -0.494 e. The van der Waals surface area contributed by atoms with Gasteiger partial charge < -0.3 is 19.2 Å². The zero-order valence-corrected chi connectivity index (χ0v) is 16.8. The lowest BCUT2D eigenvalue weighted by Crippen LogP contribution is -2.30. The first-order valence-electron chi connectivity index (χ1n) is 9.77. The standard InChI is InChI=1S/C23H23N3O4/c1-2-3-12-29-19-9-7-17(8-10-19)23(28)25-14-22(27)30-16-18-15-26-11-5-4-6-21(26)20(18)13-24/h4-11,15H,2-3,12,14,16H2,1H3,(H,25,28). The average molecular weight is 405 g/mol. The van der Waals surface area contributed by atoms with Crippen molar-refractivity contribution in [2.75, 3.05) is 13.2 Å². The van der Waals surface area contributed by atoms with Gasteiger partial charge in [0, 0.05) is 23.5 Å².